The quantitative estimate of drug-likeness (QED) is 0.762. The van der Waals surface area contributed by atoms with Gasteiger partial charge in [0, 0.05) is 22.7 Å². The molecule has 0 amide bonds. The van der Waals surface area contributed by atoms with Crippen LogP contribution in [0.4, 0.5) is 0 Å². The minimum absolute atomic E-state index is 0.263. The first-order chi connectivity index (χ1) is 10.2. The fraction of sp³-hybridized carbons (Fsp3) is 0.412. The van der Waals surface area contributed by atoms with Crippen LogP contribution in [0.2, 0.25) is 0 Å². The zero-order valence-electron chi connectivity index (χ0n) is 12.5. The number of benzene rings is 1. The SMILES string of the molecule is CSCC(NC(C)CC(O)c1cccs1)c1ccccc1. The summed E-state index contributed by atoms with van der Waals surface area (Å²) in [5.41, 5.74) is 1.31. The summed E-state index contributed by atoms with van der Waals surface area (Å²) in [4.78, 5) is 1.05. The second kappa shape index (κ2) is 8.59. The predicted molar refractivity (Wildman–Crippen MR) is 94.1 cm³/mol. The van der Waals surface area contributed by atoms with Crippen LogP contribution in [0, 0.1) is 0 Å². The van der Waals surface area contributed by atoms with Gasteiger partial charge in [0.15, 0.2) is 0 Å². The number of aliphatic hydroxyl groups excluding tert-OH is 1. The molecule has 114 valence electrons. The van der Waals surface area contributed by atoms with Crippen molar-refractivity contribution in [1.82, 2.24) is 5.32 Å². The Morgan fingerprint density at radius 2 is 1.95 bits per heavy atom. The van der Waals surface area contributed by atoms with Gasteiger partial charge in [-0.3, -0.25) is 0 Å². The molecular weight excluding hydrogens is 298 g/mol. The molecule has 2 rings (SSSR count). The molecule has 0 aliphatic heterocycles. The molecule has 0 radical (unpaired) electrons. The molecule has 0 bridgehead atoms. The van der Waals surface area contributed by atoms with Crippen LogP contribution in [-0.2, 0) is 0 Å². The van der Waals surface area contributed by atoms with E-state index in [0.717, 1.165) is 17.1 Å². The Hall–Kier alpha value is -0.810. The molecule has 21 heavy (non-hydrogen) atoms. The maximum atomic E-state index is 10.3. The molecule has 2 nitrogen and oxygen atoms in total. The molecule has 0 aliphatic carbocycles. The molecule has 0 spiro atoms. The Balaban J connectivity index is 1.93. The summed E-state index contributed by atoms with van der Waals surface area (Å²) >= 11 is 3.46. The molecule has 1 aromatic carbocycles. The monoisotopic (exact) mass is 321 g/mol. The minimum Gasteiger partial charge on any atom is -0.388 e. The fourth-order valence-corrected chi connectivity index (χ4v) is 3.78. The molecule has 3 atom stereocenters. The molecule has 0 saturated carbocycles. The zero-order valence-corrected chi connectivity index (χ0v) is 14.2. The Morgan fingerprint density at radius 3 is 2.57 bits per heavy atom. The molecule has 2 aromatic rings. The first kappa shape index (κ1) is 16.6. The minimum atomic E-state index is -0.377. The third-order valence-corrected chi connectivity index (χ3v) is 5.11. The number of hydrogen-bond acceptors (Lipinski definition) is 4. The van der Waals surface area contributed by atoms with Gasteiger partial charge in [0.1, 0.15) is 0 Å². The summed E-state index contributed by atoms with van der Waals surface area (Å²) < 4.78 is 0. The molecule has 3 unspecified atom stereocenters. The van der Waals surface area contributed by atoms with Gasteiger partial charge in [-0.2, -0.15) is 11.8 Å². The van der Waals surface area contributed by atoms with E-state index in [4.69, 9.17) is 0 Å². The van der Waals surface area contributed by atoms with Crippen molar-refractivity contribution in [3.8, 4) is 0 Å². The standard InChI is InChI=1S/C17H23NOS2/c1-13(11-16(19)17-9-6-10-21-17)18-15(12-20-2)14-7-4-3-5-8-14/h3-10,13,15-16,18-19H,11-12H2,1-2H3. The van der Waals surface area contributed by atoms with E-state index in [1.165, 1.54) is 5.56 Å². The average molecular weight is 322 g/mol. The van der Waals surface area contributed by atoms with Crippen LogP contribution in [0.5, 0.6) is 0 Å². The van der Waals surface area contributed by atoms with E-state index in [1.807, 2.05) is 35.3 Å². The van der Waals surface area contributed by atoms with Gasteiger partial charge < -0.3 is 10.4 Å². The predicted octanol–water partition coefficient (Wildman–Crippen LogP) is 4.25. The van der Waals surface area contributed by atoms with Crippen LogP contribution in [0.25, 0.3) is 0 Å². The Morgan fingerprint density at radius 1 is 1.19 bits per heavy atom. The number of nitrogens with one attached hydrogen (secondary N) is 1. The smallest absolute Gasteiger partial charge is 0.0896 e. The average Bonchev–Trinajstić information content (AvgIpc) is 3.02. The largest absolute Gasteiger partial charge is 0.388 e. The van der Waals surface area contributed by atoms with Gasteiger partial charge >= 0.3 is 0 Å². The lowest BCUT2D eigenvalue weighted by molar-refractivity contribution is 0.155. The topological polar surface area (TPSA) is 32.3 Å². The molecule has 1 aromatic heterocycles. The highest BCUT2D eigenvalue weighted by Gasteiger charge is 2.17. The molecule has 0 aliphatic rings. The van der Waals surface area contributed by atoms with Crippen LogP contribution in [0.3, 0.4) is 0 Å². The van der Waals surface area contributed by atoms with Gasteiger partial charge in [-0.05, 0) is 36.6 Å². The summed E-state index contributed by atoms with van der Waals surface area (Å²) in [5, 5.41) is 15.9. The first-order valence-electron chi connectivity index (χ1n) is 7.22. The summed E-state index contributed by atoms with van der Waals surface area (Å²) in [5.74, 6) is 1.03. The number of thiophene rings is 1. The zero-order chi connectivity index (χ0) is 15.1. The normalized spacial score (nSPS) is 15.6. The highest BCUT2D eigenvalue weighted by molar-refractivity contribution is 7.98. The van der Waals surface area contributed by atoms with Gasteiger partial charge in [0.2, 0.25) is 0 Å². The highest BCUT2D eigenvalue weighted by atomic mass is 32.2. The van der Waals surface area contributed by atoms with Gasteiger partial charge in [-0.15, -0.1) is 11.3 Å². The summed E-state index contributed by atoms with van der Waals surface area (Å²) in [6.45, 7) is 2.15. The third kappa shape index (κ3) is 5.15. The summed E-state index contributed by atoms with van der Waals surface area (Å²) in [7, 11) is 0. The van der Waals surface area contributed by atoms with E-state index >= 15 is 0 Å². The van der Waals surface area contributed by atoms with Gasteiger partial charge in [-0.25, -0.2) is 0 Å². The van der Waals surface area contributed by atoms with Crippen LogP contribution in [-0.4, -0.2) is 23.2 Å². The molecule has 0 saturated heterocycles. The van der Waals surface area contributed by atoms with E-state index in [9.17, 15) is 5.11 Å². The van der Waals surface area contributed by atoms with Crippen molar-refractivity contribution in [2.45, 2.75) is 31.5 Å². The van der Waals surface area contributed by atoms with E-state index in [0.29, 0.717) is 6.04 Å². The number of thioether (sulfide) groups is 1. The van der Waals surface area contributed by atoms with Crippen molar-refractivity contribution in [3.63, 3.8) is 0 Å². The Labute approximate surface area is 135 Å². The number of hydrogen-bond donors (Lipinski definition) is 2. The molecule has 1 heterocycles. The molecule has 2 N–H and O–H groups in total. The van der Waals surface area contributed by atoms with E-state index in [2.05, 4.69) is 42.8 Å². The van der Waals surface area contributed by atoms with E-state index < -0.39 is 0 Å². The van der Waals surface area contributed by atoms with Gasteiger partial charge in [0.25, 0.3) is 0 Å². The highest BCUT2D eigenvalue weighted by Crippen LogP contribution is 2.24. The fourth-order valence-electron chi connectivity index (χ4n) is 2.44. The number of aliphatic hydroxyl groups is 1. The van der Waals surface area contributed by atoms with Crippen molar-refractivity contribution in [2.75, 3.05) is 12.0 Å². The van der Waals surface area contributed by atoms with Crippen LogP contribution < -0.4 is 5.32 Å². The Kier molecular flexibility index (Phi) is 6.77. The lowest BCUT2D eigenvalue weighted by Crippen LogP contribution is -2.33. The van der Waals surface area contributed by atoms with Gasteiger partial charge in [0.05, 0.1) is 6.10 Å². The van der Waals surface area contributed by atoms with Crippen molar-refractivity contribution in [2.24, 2.45) is 0 Å². The molecule has 0 fully saturated rings. The van der Waals surface area contributed by atoms with Crippen molar-refractivity contribution >= 4 is 23.1 Å². The van der Waals surface area contributed by atoms with Crippen molar-refractivity contribution in [3.05, 3.63) is 58.3 Å². The maximum Gasteiger partial charge on any atom is 0.0896 e. The van der Waals surface area contributed by atoms with Crippen LogP contribution in [0.1, 0.15) is 35.9 Å². The van der Waals surface area contributed by atoms with Crippen molar-refractivity contribution < 1.29 is 5.11 Å². The second-order valence-corrected chi connectivity index (χ2v) is 7.14. The summed E-state index contributed by atoms with van der Waals surface area (Å²) in [6, 6.07) is 15.1. The van der Waals surface area contributed by atoms with Crippen molar-refractivity contribution in [1.29, 1.82) is 0 Å². The summed E-state index contributed by atoms with van der Waals surface area (Å²) in [6.07, 6.45) is 2.49. The lowest BCUT2D eigenvalue weighted by Gasteiger charge is -2.24. The lowest BCUT2D eigenvalue weighted by atomic mass is 10.0. The number of rotatable bonds is 8. The van der Waals surface area contributed by atoms with E-state index in [-0.39, 0.29) is 12.1 Å². The Bertz CT molecular complexity index is 501. The van der Waals surface area contributed by atoms with Crippen LogP contribution in [0.15, 0.2) is 47.8 Å². The first-order valence-corrected chi connectivity index (χ1v) is 9.49. The molecule has 4 heteroatoms. The van der Waals surface area contributed by atoms with Crippen LogP contribution >= 0.6 is 23.1 Å². The molecular formula is C17H23NOS2. The third-order valence-electron chi connectivity index (χ3n) is 3.47. The van der Waals surface area contributed by atoms with E-state index in [1.54, 1.807) is 11.3 Å². The second-order valence-electron chi connectivity index (χ2n) is 5.25. The maximum absolute atomic E-state index is 10.3. The van der Waals surface area contributed by atoms with Gasteiger partial charge in [-0.1, -0.05) is 36.4 Å².